The van der Waals surface area contributed by atoms with Crippen molar-refractivity contribution in [1.29, 1.82) is 0 Å². The van der Waals surface area contributed by atoms with Crippen molar-refractivity contribution >= 4 is 27.8 Å². The van der Waals surface area contributed by atoms with Gasteiger partial charge in [-0.25, -0.2) is 9.18 Å². The van der Waals surface area contributed by atoms with E-state index in [1.54, 1.807) is 6.07 Å². The molecule has 0 saturated carbocycles. The van der Waals surface area contributed by atoms with E-state index in [0.717, 1.165) is 0 Å². The zero-order valence-electron chi connectivity index (χ0n) is 11.0. The van der Waals surface area contributed by atoms with Crippen LogP contribution in [0.25, 0.3) is 0 Å². The molecule has 0 spiro atoms. The van der Waals surface area contributed by atoms with Crippen molar-refractivity contribution in [3.63, 3.8) is 0 Å². The molecule has 0 heterocycles. The molecule has 0 saturated heterocycles. The lowest BCUT2D eigenvalue weighted by molar-refractivity contribution is -0.144. The Kier molecular flexibility index (Phi) is 6.38. The second-order valence-corrected chi connectivity index (χ2v) is 5.29. The van der Waals surface area contributed by atoms with Crippen LogP contribution < -0.4 is 5.32 Å². The van der Waals surface area contributed by atoms with Crippen molar-refractivity contribution in [3.05, 3.63) is 46.7 Å². The van der Waals surface area contributed by atoms with E-state index < -0.39 is 17.8 Å². The molecule has 4 nitrogen and oxygen atoms in total. The number of hydrogen-bond donors (Lipinski definition) is 1. The third-order valence-corrected chi connectivity index (χ3v) is 2.82. The second kappa shape index (κ2) is 7.79. The van der Waals surface area contributed by atoms with Gasteiger partial charge in [-0.1, -0.05) is 34.6 Å². The Bertz CT molecular complexity index is 519. The van der Waals surface area contributed by atoms with E-state index in [9.17, 15) is 14.0 Å². The van der Waals surface area contributed by atoms with Crippen molar-refractivity contribution < 1.29 is 18.7 Å². The van der Waals surface area contributed by atoms with Crippen molar-refractivity contribution in [2.45, 2.75) is 18.9 Å². The van der Waals surface area contributed by atoms with Crippen LogP contribution >= 0.6 is 15.9 Å². The SMILES string of the molecule is C=C(Br)C[C@@H](NC(=O)Cc1cccc(F)c1)C(=O)OC. The number of ether oxygens (including phenoxy) is 1. The minimum atomic E-state index is -0.812. The monoisotopic (exact) mass is 343 g/mol. The maximum Gasteiger partial charge on any atom is 0.328 e. The Balaban J connectivity index is 2.66. The summed E-state index contributed by atoms with van der Waals surface area (Å²) in [6.07, 6.45) is 0.210. The van der Waals surface area contributed by atoms with Crippen LogP contribution in [0.3, 0.4) is 0 Å². The van der Waals surface area contributed by atoms with Crippen molar-refractivity contribution in [1.82, 2.24) is 5.32 Å². The van der Waals surface area contributed by atoms with Crippen LogP contribution in [-0.4, -0.2) is 25.0 Å². The number of rotatable bonds is 6. The zero-order chi connectivity index (χ0) is 15.1. The molecule has 20 heavy (non-hydrogen) atoms. The van der Waals surface area contributed by atoms with Gasteiger partial charge in [-0.15, -0.1) is 0 Å². The lowest BCUT2D eigenvalue weighted by Gasteiger charge is -2.16. The summed E-state index contributed by atoms with van der Waals surface area (Å²) in [6, 6.07) is 4.92. The summed E-state index contributed by atoms with van der Waals surface area (Å²) in [4.78, 5) is 23.4. The van der Waals surface area contributed by atoms with Gasteiger partial charge in [-0.05, 0) is 22.2 Å². The summed E-state index contributed by atoms with van der Waals surface area (Å²) in [7, 11) is 1.24. The first-order valence-corrected chi connectivity index (χ1v) is 6.66. The smallest absolute Gasteiger partial charge is 0.328 e. The summed E-state index contributed by atoms with van der Waals surface area (Å²) in [5.74, 6) is -1.36. The van der Waals surface area contributed by atoms with Gasteiger partial charge in [-0.2, -0.15) is 0 Å². The minimum absolute atomic E-state index is 0.0139. The fraction of sp³-hybridized carbons (Fsp3) is 0.286. The van der Waals surface area contributed by atoms with Crippen LogP contribution in [0.2, 0.25) is 0 Å². The lowest BCUT2D eigenvalue weighted by atomic mass is 10.1. The highest BCUT2D eigenvalue weighted by Gasteiger charge is 2.21. The summed E-state index contributed by atoms with van der Waals surface area (Å²) in [5.41, 5.74) is 0.531. The number of halogens is 2. The van der Waals surface area contributed by atoms with E-state index in [1.807, 2.05) is 0 Å². The molecule has 0 fully saturated rings. The molecule has 6 heteroatoms. The molecule has 108 valence electrons. The van der Waals surface area contributed by atoms with Gasteiger partial charge in [-0.3, -0.25) is 4.79 Å². The maximum atomic E-state index is 13.0. The summed E-state index contributed by atoms with van der Waals surface area (Å²) < 4.78 is 18.2. The van der Waals surface area contributed by atoms with Gasteiger partial charge in [0.2, 0.25) is 5.91 Å². The number of carbonyl (C=O) groups excluding carboxylic acids is 2. The molecule has 0 radical (unpaired) electrons. The van der Waals surface area contributed by atoms with Crippen LogP contribution in [-0.2, 0) is 20.7 Å². The van der Waals surface area contributed by atoms with E-state index in [0.29, 0.717) is 10.0 Å². The highest BCUT2D eigenvalue weighted by molar-refractivity contribution is 9.11. The zero-order valence-corrected chi connectivity index (χ0v) is 12.6. The van der Waals surface area contributed by atoms with Gasteiger partial charge in [0.15, 0.2) is 0 Å². The Morgan fingerprint density at radius 2 is 2.20 bits per heavy atom. The quantitative estimate of drug-likeness (QED) is 0.806. The molecule has 1 rings (SSSR count). The van der Waals surface area contributed by atoms with Crippen LogP contribution in [0.4, 0.5) is 4.39 Å². The maximum absolute atomic E-state index is 13.0. The molecule has 0 aliphatic carbocycles. The van der Waals surface area contributed by atoms with Gasteiger partial charge in [0.05, 0.1) is 13.5 Å². The van der Waals surface area contributed by atoms with E-state index in [1.165, 1.54) is 25.3 Å². The molecule has 1 amide bonds. The van der Waals surface area contributed by atoms with E-state index in [4.69, 9.17) is 0 Å². The molecule has 1 aromatic carbocycles. The fourth-order valence-electron chi connectivity index (χ4n) is 1.63. The topological polar surface area (TPSA) is 55.4 Å². The average Bonchev–Trinajstić information content (AvgIpc) is 2.36. The first-order chi connectivity index (χ1) is 9.42. The highest BCUT2D eigenvalue weighted by atomic mass is 79.9. The van der Waals surface area contributed by atoms with Gasteiger partial charge in [0.1, 0.15) is 11.9 Å². The van der Waals surface area contributed by atoms with Crippen molar-refractivity contribution in [2.75, 3.05) is 7.11 Å². The molecule has 1 aromatic rings. The van der Waals surface area contributed by atoms with Gasteiger partial charge < -0.3 is 10.1 Å². The van der Waals surface area contributed by atoms with Crippen molar-refractivity contribution in [3.8, 4) is 0 Å². The van der Waals surface area contributed by atoms with Gasteiger partial charge in [0.25, 0.3) is 0 Å². The fourth-order valence-corrected chi connectivity index (χ4v) is 1.96. The largest absolute Gasteiger partial charge is 0.467 e. The molecule has 0 aliphatic rings. The van der Waals surface area contributed by atoms with E-state index in [-0.39, 0.29) is 18.7 Å². The Hall–Kier alpha value is -1.69. The number of hydrogen-bond acceptors (Lipinski definition) is 3. The van der Waals surface area contributed by atoms with Gasteiger partial charge >= 0.3 is 5.97 Å². The first-order valence-electron chi connectivity index (χ1n) is 5.87. The number of amides is 1. The summed E-state index contributed by atoms with van der Waals surface area (Å²) in [5, 5.41) is 2.54. The van der Waals surface area contributed by atoms with Crippen LogP contribution in [0, 0.1) is 5.82 Å². The molecule has 0 unspecified atom stereocenters. The Labute approximate surface area is 125 Å². The third-order valence-electron chi connectivity index (χ3n) is 2.50. The second-order valence-electron chi connectivity index (χ2n) is 4.17. The molecule has 1 atom stereocenters. The standard InChI is InChI=1S/C14H15BrFNO3/c1-9(15)6-12(14(19)20-2)17-13(18)8-10-4-3-5-11(16)7-10/h3-5,7,12H,1,6,8H2,2H3,(H,17,18)/t12-/m1/s1. The molecular formula is C14H15BrFNO3. The third kappa shape index (κ3) is 5.52. The predicted molar refractivity (Wildman–Crippen MR) is 76.7 cm³/mol. The van der Waals surface area contributed by atoms with Crippen LogP contribution in [0.5, 0.6) is 0 Å². The van der Waals surface area contributed by atoms with E-state index >= 15 is 0 Å². The average molecular weight is 344 g/mol. The Morgan fingerprint density at radius 1 is 1.50 bits per heavy atom. The van der Waals surface area contributed by atoms with Crippen LogP contribution in [0.15, 0.2) is 35.3 Å². The highest BCUT2D eigenvalue weighted by Crippen LogP contribution is 2.11. The van der Waals surface area contributed by atoms with Crippen molar-refractivity contribution in [2.24, 2.45) is 0 Å². The first kappa shape index (κ1) is 16.4. The number of nitrogens with one attached hydrogen (secondary N) is 1. The summed E-state index contributed by atoms with van der Waals surface area (Å²) in [6.45, 7) is 3.62. The predicted octanol–water partition coefficient (Wildman–Crippen LogP) is 2.32. The molecule has 1 N–H and O–H groups in total. The lowest BCUT2D eigenvalue weighted by Crippen LogP contribution is -2.42. The molecular weight excluding hydrogens is 329 g/mol. The van der Waals surface area contributed by atoms with Crippen LogP contribution in [0.1, 0.15) is 12.0 Å². The number of benzene rings is 1. The number of carbonyl (C=O) groups is 2. The minimum Gasteiger partial charge on any atom is -0.467 e. The number of methoxy groups -OCH3 is 1. The van der Waals surface area contributed by atoms with Gasteiger partial charge in [0, 0.05) is 6.42 Å². The molecule has 0 aliphatic heterocycles. The number of esters is 1. The molecule has 0 aromatic heterocycles. The Morgan fingerprint density at radius 3 is 2.75 bits per heavy atom. The summed E-state index contributed by atoms with van der Waals surface area (Å²) >= 11 is 3.14. The molecule has 0 bridgehead atoms. The van der Waals surface area contributed by atoms with E-state index in [2.05, 4.69) is 32.6 Å². The normalized spacial score (nSPS) is 11.6.